The lowest BCUT2D eigenvalue weighted by atomic mass is 10.1. The minimum Gasteiger partial charge on any atom is -0.344 e. The predicted octanol–water partition coefficient (Wildman–Crippen LogP) is 6.98. The molecular weight excluding hydrogens is 811 g/mol. The van der Waals surface area contributed by atoms with Crippen molar-refractivity contribution in [3.8, 4) is 11.3 Å². The Kier molecular flexibility index (Phi) is 20.9. The van der Waals surface area contributed by atoms with Crippen LogP contribution in [0.2, 0.25) is 0 Å². The van der Waals surface area contributed by atoms with Crippen LogP contribution in [0.4, 0.5) is 20.4 Å². The lowest BCUT2D eigenvalue weighted by molar-refractivity contribution is -0.127. The molecule has 2 atom stereocenters. The fourth-order valence-corrected chi connectivity index (χ4v) is 7.07. The molecule has 1 saturated heterocycles. The fraction of sp³-hybridized carbons (Fsp3) is 0.500. The smallest absolute Gasteiger partial charge is 0.271 e. The third kappa shape index (κ3) is 17.0. The van der Waals surface area contributed by atoms with Crippen molar-refractivity contribution < 1.29 is 32.8 Å². The predicted molar refractivity (Wildman–Crippen MR) is 240 cm³/mol. The second kappa shape index (κ2) is 26.5. The van der Waals surface area contributed by atoms with Crippen molar-refractivity contribution in [2.24, 2.45) is 0 Å². The molecule has 63 heavy (non-hydrogen) atoms. The topological polar surface area (TPSA) is 197 Å². The van der Waals surface area contributed by atoms with Gasteiger partial charge >= 0.3 is 0 Å². The van der Waals surface area contributed by atoms with E-state index >= 15 is 0 Å². The summed E-state index contributed by atoms with van der Waals surface area (Å²) in [5, 5.41) is 24.6. The minimum atomic E-state index is -0.883. The number of rotatable bonds is 22. The van der Waals surface area contributed by atoms with Crippen LogP contribution in [0.5, 0.6) is 0 Å². The highest BCUT2D eigenvalue weighted by atomic mass is 19.1. The molecule has 4 aromatic rings. The van der Waals surface area contributed by atoms with E-state index < -0.39 is 35.5 Å². The molecule has 0 radical (unpaired) electrons. The van der Waals surface area contributed by atoms with Crippen molar-refractivity contribution in [3.63, 3.8) is 0 Å². The molecule has 3 heterocycles. The quantitative estimate of drug-likeness (QED) is 0.0455. The summed E-state index contributed by atoms with van der Waals surface area (Å²) < 4.78 is 26.7. The van der Waals surface area contributed by atoms with E-state index in [2.05, 4.69) is 60.4 Å². The number of likely N-dealkylation sites (tertiary alicyclic amines) is 1. The van der Waals surface area contributed by atoms with Gasteiger partial charge in [0, 0.05) is 31.3 Å². The van der Waals surface area contributed by atoms with Gasteiger partial charge < -0.3 is 26.2 Å². The highest BCUT2D eigenvalue weighted by Crippen LogP contribution is 2.19. The van der Waals surface area contributed by atoms with Crippen LogP contribution < -0.4 is 21.3 Å². The third-order valence-electron chi connectivity index (χ3n) is 10.5. The summed E-state index contributed by atoms with van der Waals surface area (Å²) in [6, 6.07) is 14.4. The number of nitrogens with one attached hydrogen (secondary N) is 6. The van der Waals surface area contributed by atoms with Crippen molar-refractivity contribution >= 4 is 41.2 Å². The van der Waals surface area contributed by atoms with Gasteiger partial charge in [-0.2, -0.15) is 10.2 Å². The summed E-state index contributed by atoms with van der Waals surface area (Å²) in [6.45, 7) is 11.4. The zero-order chi connectivity index (χ0) is 45.6. The molecule has 0 bridgehead atoms. The molecule has 1 aliphatic heterocycles. The van der Waals surface area contributed by atoms with Crippen LogP contribution in [0, 0.1) is 11.6 Å². The Labute approximate surface area is 368 Å². The summed E-state index contributed by atoms with van der Waals surface area (Å²) in [5.74, 6) is -2.52. The molecule has 5 rings (SSSR count). The highest BCUT2D eigenvalue weighted by molar-refractivity contribution is 5.99. The minimum absolute atomic E-state index is 0.106. The number of piperidine rings is 1. The number of carbonyl (C=O) groups excluding carboxylic acids is 5. The van der Waals surface area contributed by atoms with Crippen molar-refractivity contribution in [1.82, 2.24) is 40.8 Å². The second-order valence-corrected chi connectivity index (χ2v) is 15.7. The van der Waals surface area contributed by atoms with E-state index in [1.54, 1.807) is 13.0 Å². The SMILES string of the molecule is CCC(NC(=O)CN1CCCCC1)C(=O)Nc1cc(-c2ccccc2)[nH]n1.CCCCCN(CCCCC)C(=O)c1cc(NC(=O)C(CC)NC(=O)Cc2cc(F)cc(F)c2)n[nH]1. The third-order valence-corrected chi connectivity index (χ3v) is 10.5. The number of aromatic nitrogens is 4. The second-order valence-electron chi connectivity index (χ2n) is 15.7. The number of halogens is 2. The average molecular weight is 875 g/mol. The monoisotopic (exact) mass is 875 g/mol. The summed E-state index contributed by atoms with van der Waals surface area (Å²) in [5.41, 5.74) is 2.27. The fourth-order valence-electron chi connectivity index (χ4n) is 7.07. The summed E-state index contributed by atoms with van der Waals surface area (Å²) >= 11 is 0. The molecule has 6 N–H and O–H groups in total. The number of nitrogens with zero attached hydrogens (tertiary/aromatic N) is 4. The van der Waals surface area contributed by atoms with Crippen molar-refractivity contribution in [1.29, 1.82) is 0 Å². The Hall–Kier alpha value is -5.97. The number of hydrogen-bond donors (Lipinski definition) is 6. The summed E-state index contributed by atoms with van der Waals surface area (Å²) in [7, 11) is 0. The highest BCUT2D eigenvalue weighted by Gasteiger charge is 2.24. The lowest BCUT2D eigenvalue weighted by Crippen LogP contribution is -2.48. The van der Waals surface area contributed by atoms with Gasteiger partial charge in [0.1, 0.15) is 29.4 Å². The van der Waals surface area contributed by atoms with Gasteiger partial charge in [0.15, 0.2) is 11.6 Å². The molecule has 0 aliphatic carbocycles. The van der Waals surface area contributed by atoms with E-state index in [4.69, 9.17) is 0 Å². The maximum atomic E-state index is 13.4. The number of hydrogen-bond acceptors (Lipinski definition) is 8. The maximum absolute atomic E-state index is 13.4. The summed E-state index contributed by atoms with van der Waals surface area (Å²) in [4.78, 5) is 66.8. The summed E-state index contributed by atoms with van der Waals surface area (Å²) in [6.07, 6.45) is 10.1. The van der Waals surface area contributed by atoms with Gasteiger partial charge in [-0.15, -0.1) is 0 Å². The zero-order valence-corrected chi connectivity index (χ0v) is 37.0. The molecule has 2 aromatic heterocycles. The maximum Gasteiger partial charge on any atom is 0.271 e. The van der Waals surface area contributed by atoms with Gasteiger partial charge in [0.05, 0.1) is 18.7 Å². The normalized spacial score (nSPS) is 13.5. The van der Waals surface area contributed by atoms with Gasteiger partial charge in [-0.3, -0.25) is 39.1 Å². The molecule has 15 nitrogen and oxygen atoms in total. The molecule has 2 unspecified atom stereocenters. The van der Waals surface area contributed by atoms with Crippen LogP contribution in [0.25, 0.3) is 11.3 Å². The van der Waals surface area contributed by atoms with Gasteiger partial charge in [0.2, 0.25) is 23.6 Å². The number of carbonyl (C=O) groups is 5. The van der Waals surface area contributed by atoms with Crippen LogP contribution in [-0.4, -0.2) is 105 Å². The average Bonchev–Trinajstić information content (AvgIpc) is 3.94. The number of benzene rings is 2. The number of aromatic amines is 2. The molecule has 0 spiro atoms. The van der Waals surface area contributed by atoms with Gasteiger partial charge in [-0.1, -0.05) is 90.1 Å². The van der Waals surface area contributed by atoms with Crippen LogP contribution in [0.15, 0.2) is 60.7 Å². The molecule has 0 saturated carbocycles. The number of unbranched alkanes of at least 4 members (excludes halogenated alkanes) is 4. The van der Waals surface area contributed by atoms with E-state index in [-0.39, 0.29) is 47.6 Å². The Morgan fingerprint density at radius 3 is 1.83 bits per heavy atom. The molecule has 2 aromatic carbocycles. The van der Waals surface area contributed by atoms with Crippen molar-refractivity contribution in [2.45, 2.75) is 117 Å². The number of anilines is 2. The number of H-pyrrole nitrogens is 2. The van der Waals surface area contributed by atoms with E-state index in [1.165, 1.54) is 12.5 Å². The van der Waals surface area contributed by atoms with Gasteiger partial charge in [0.25, 0.3) is 5.91 Å². The van der Waals surface area contributed by atoms with E-state index in [1.807, 2.05) is 42.2 Å². The lowest BCUT2D eigenvalue weighted by Gasteiger charge is -2.26. The van der Waals surface area contributed by atoms with E-state index in [9.17, 15) is 32.8 Å². The Balaban J connectivity index is 0.000000287. The van der Waals surface area contributed by atoms with E-state index in [0.717, 1.165) is 93.9 Å². The van der Waals surface area contributed by atoms with Crippen LogP contribution in [-0.2, 0) is 25.6 Å². The molecule has 5 amide bonds. The first-order valence-electron chi connectivity index (χ1n) is 22.3. The largest absolute Gasteiger partial charge is 0.344 e. The first-order valence-corrected chi connectivity index (χ1v) is 22.3. The van der Waals surface area contributed by atoms with Gasteiger partial charge in [-0.05, 0) is 74.9 Å². The van der Waals surface area contributed by atoms with Crippen LogP contribution in [0.1, 0.15) is 114 Å². The van der Waals surface area contributed by atoms with Crippen molar-refractivity contribution in [2.75, 3.05) is 43.4 Å². The molecule has 342 valence electrons. The standard InChI is InChI=1S/C26H37F2N5O3.C20H27N5O2/c1-4-7-9-11-33(12-10-8-5-2)26(36)22-17-23(32-31-22)30-25(35)21(6-3)29-24(34)15-18-13-19(27)16-20(28)14-18;1-2-16(21-19(26)14-25-11-7-4-8-12-25)20(27)22-18-13-17(23-24-18)15-9-5-3-6-10-15/h13-14,16-17,21H,4-12,15H2,1-3H3,(H,29,34)(H2,30,31,32,35);3,5-6,9-10,13,16H,2,4,7-8,11-12,14H2,1H3,(H,21,26)(H2,22,23,24,27). The van der Waals surface area contributed by atoms with Crippen molar-refractivity contribution in [3.05, 3.63) is 83.6 Å². The van der Waals surface area contributed by atoms with Gasteiger partial charge in [-0.25, -0.2) is 8.78 Å². The molecular formula is C46H64F2N10O5. The Morgan fingerprint density at radius 2 is 1.25 bits per heavy atom. The van der Waals surface area contributed by atoms with Crippen LogP contribution >= 0.6 is 0 Å². The molecule has 1 aliphatic rings. The Morgan fingerprint density at radius 1 is 0.698 bits per heavy atom. The number of amides is 5. The molecule has 17 heteroatoms. The molecule has 1 fully saturated rings. The first-order chi connectivity index (χ1) is 30.4. The van der Waals surface area contributed by atoms with Crippen LogP contribution in [0.3, 0.4) is 0 Å². The van der Waals surface area contributed by atoms with E-state index in [0.29, 0.717) is 31.9 Å². The first kappa shape index (κ1) is 49.7. The zero-order valence-electron chi connectivity index (χ0n) is 37.0. The Bertz CT molecular complexity index is 2020.